The van der Waals surface area contributed by atoms with Crippen molar-refractivity contribution in [2.45, 2.75) is 63.8 Å². The van der Waals surface area contributed by atoms with Crippen molar-refractivity contribution >= 4 is 40.2 Å². The summed E-state index contributed by atoms with van der Waals surface area (Å²) in [4.78, 5) is 56.5. The summed E-state index contributed by atoms with van der Waals surface area (Å²) in [6.45, 7) is 11.2. The van der Waals surface area contributed by atoms with Crippen LogP contribution in [0, 0.1) is 0 Å². The van der Waals surface area contributed by atoms with Gasteiger partial charge in [-0.3, -0.25) is 24.6 Å². The number of anilines is 3. The van der Waals surface area contributed by atoms with Gasteiger partial charge in [-0.1, -0.05) is 43.3 Å². The first-order valence-electron chi connectivity index (χ1n) is 18.7. The summed E-state index contributed by atoms with van der Waals surface area (Å²) in [5.74, 6) is 0.872. The molecule has 0 saturated carbocycles. The number of hydrogen-bond acceptors (Lipinski definition) is 9. The van der Waals surface area contributed by atoms with Gasteiger partial charge in [0.1, 0.15) is 5.39 Å². The van der Waals surface area contributed by atoms with Crippen LogP contribution >= 0.6 is 0 Å². The predicted molar refractivity (Wildman–Crippen MR) is 206 cm³/mol. The Morgan fingerprint density at radius 2 is 1.72 bits per heavy atom. The van der Waals surface area contributed by atoms with Gasteiger partial charge in [0.2, 0.25) is 17.8 Å². The van der Waals surface area contributed by atoms with Crippen molar-refractivity contribution in [2.24, 2.45) is 0 Å². The predicted octanol–water partition coefficient (Wildman–Crippen LogP) is 5.23. The monoisotopic (exact) mass is 711 g/mol. The Morgan fingerprint density at radius 3 is 2.45 bits per heavy atom. The summed E-state index contributed by atoms with van der Waals surface area (Å²) >= 11 is 0. The molecule has 2 aliphatic heterocycles. The SMILES string of the molecule is C=CCn1c(=O)c2cnc(Nc3ccc(CCN4CCN(c5ccc(C6CCC(=O)NC6=O)cc5)CC4)cc3)nc2n1-c1ccc2c(n1)C(CC)CC2. The van der Waals surface area contributed by atoms with Gasteiger partial charge in [0.25, 0.3) is 5.56 Å². The number of allylic oxidation sites excluding steroid dienone is 1. The quantitative estimate of drug-likeness (QED) is 0.140. The van der Waals surface area contributed by atoms with E-state index in [9.17, 15) is 14.4 Å². The van der Waals surface area contributed by atoms with Gasteiger partial charge in [0, 0.05) is 68.3 Å². The summed E-state index contributed by atoms with van der Waals surface area (Å²) in [5, 5.41) is 6.23. The van der Waals surface area contributed by atoms with E-state index in [1.807, 2.05) is 30.3 Å². The maximum atomic E-state index is 13.5. The average Bonchev–Trinajstić information content (AvgIpc) is 3.72. The van der Waals surface area contributed by atoms with E-state index in [-0.39, 0.29) is 23.3 Å². The molecule has 0 radical (unpaired) electrons. The molecule has 12 heteroatoms. The summed E-state index contributed by atoms with van der Waals surface area (Å²) in [7, 11) is 0. The Balaban J connectivity index is 0.887. The lowest BCUT2D eigenvalue weighted by molar-refractivity contribution is -0.134. The molecule has 1 aliphatic carbocycles. The molecule has 53 heavy (non-hydrogen) atoms. The minimum Gasteiger partial charge on any atom is -0.369 e. The minimum absolute atomic E-state index is 0.174. The van der Waals surface area contributed by atoms with Crippen LogP contribution in [0.2, 0.25) is 0 Å². The van der Waals surface area contributed by atoms with E-state index in [0.717, 1.165) is 81.0 Å². The number of aryl methyl sites for hydroxylation is 1. The van der Waals surface area contributed by atoms with Gasteiger partial charge in [-0.05, 0) is 79.1 Å². The number of nitrogens with one attached hydrogen (secondary N) is 2. The Morgan fingerprint density at radius 1 is 0.925 bits per heavy atom. The third kappa shape index (κ3) is 6.98. The van der Waals surface area contributed by atoms with Gasteiger partial charge in [-0.15, -0.1) is 6.58 Å². The van der Waals surface area contributed by atoms with E-state index >= 15 is 0 Å². The van der Waals surface area contributed by atoms with E-state index in [4.69, 9.17) is 9.97 Å². The molecule has 5 heterocycles. The first kappa shape index (κ1) is 34.5. The Hall–Kier alpha value is -5.62. The Bertz CT molecular complexity index is 2220. The number of carbonyl (C=O) groups is 2. The first-order valence-corrected chi connectivity index (χ1v) is 18.7. The second-order valence-corrected chi connectivity index (χ2v) is 14.3. The molecule has 2 aromatic carbocycles. The molecule has 2 atom stereocenters. The summed E-state index contributed by atoms with van der Waals surface area (Å²) < 4.78 is 3.43. The largest absolute Gasteiger partial charge is 0.369 e. The number of benzene rings is 2. The van der Waals surface area contributed by atoms with Crippen LogP contribution in [0.3, 0.4) is 0 Å². The fourth-order valence-electron chi connectivity index (χ4n) is 7.98. The number of aromatic nitrogens is 5. The maximum absolute atomic E-state index is 13.5. The summed E-state index contributed by atoms with van der Waals surface area (Å²) in [6.07, 6.45) is 8.38. The van der Waals surface area contributed by atoms with Crippen molar-refractivity contribution in [3.8, 4) is 5.82 Å². The molecule has 0 spiro atoms. The number of fused-ring (bicyclic) bond motifs is 2. The van der Waals surface area contributed by atoms with Crippen LogP contribution in [-0.2, 0) is 29.0 Å². The van der Waals surface area contributed by atoms with E-state index in [1.54, 1.807) is 21.6 Å². The number of nitrogens with zero attached hydrogens (tertiary/aromatic N) is 7. The normalized spacial score (nSPS) is 19.0. The van der Waals surface area contributed by atoms with Crippen LogP contribution in [0.25, 0.3) is 16.9 Å². The molecule has 2 saturated heterocycles. The van der Waals surface area contributed by atoms with E-state index in [0.29, 0.717) is 48.1 Å². The fraction of sp³-hybridized carbons (Fsp3) is 0.366. The van der Waals surface area contributed by atoms with Crippen LogP contribution in [0.1, 0.15) is 66.8 Å². The van der Waals surface area contributed by atoms with Crippen molar-refractivity contribution in [2.75, 3.05) is 42.9 Å². The number of hydrogen-bond donors (Lipinski definition) is 2. The van der Waals surface area contributed by atoms with E-state index < -0.39 is 0 Å². The smallest absolute Gasteiger partial charge is 0.278 e. The van der Waals surface area contributed by atoms with Crippen molar-refractivity contribution in [3.63, 3.8) is 0 Å². The Labute approximate surface area is 308 Å². The second-order valence-electron chi connectivity index (χ2n) is 14.3. The highest BCUT2D eigenvalue weighted by Gasteiger charge is 2.28. The second kappa shape index (κ2) is 14.8. The molecule has 0 bridgehead atoms. The molecule has 272 valence electrons. The highest BCUT2D eigenvalue weighted by Crippen LogP contribution is 2.35. The third-order valence-electron chi connectivity index (χ3n) is 11.0. The molecule has 3 aromatic heterocycles. The van der Waals surface area contributed by atoms with Gasteiger partial charge in [-0.25, -0.2) is 19.3 Å². The molecule has 12 nitrogen and oxygen atoms in total. The molecule has 2 fully saturated rings. The first-order chi connectivity index (χ1) is 25.9. The van der Waals surface area contributed by atoms with Gasteiger partial charge in [0.15, 0.2) is 11.5 Å². The number of amides is 2. The Kier molecular flexibility index (Phi) is 9.61. The lowest BCUT2D eigenvalue weighted by Gasteiger charge is -2.36. The standard InChI is InChI=1S/C41H45N9O3/c1-3-20-49-40(53)34-26-42-41(46-38(34)50(49)35-17-11-30-8-7-28(4-2)37(30)44-35)43-31-12-5-27(6-13-31)19-21-47-22-24-48(25-23-47)32-14-9-29(10-15-32)33-16-18-36(51)45-39(33)52/h3,5-6,9-15,17,26,28,33H,1,4,7-8,16,18-25H2,2H3,(H,42,43,46)(H,45,51,52). The molecule has 8 rings (SSSR count). The number of pyridine rings is 1. The van der Waals surface area contributed by atoms with E-state index in [2.05, 4.69) is 69.3 Å². The minimum atomic E-state index is -0.255. The summed E-state index contributed by atoms with van der Waals surface area (Å²) in [6, 6.07) is 20.7. The topological polar surface area (TPSA) is 130 Å². The highest BCUT2D eigenvalue weighted by molar-refractivity contribution is 6.01. The van der Waals surface area contributed by atoms with Gasteiger partial charge in [0.05, 0.1) is 12.5 Å². The van der Waals surface area contributed by atoms with Crippen LogP contribution in [0.15, 0.2) is 84.3 Å². The molecule has 2 unspecified atom stereocenters. The molecule has 2 N–H and O–H groups in total. The third-order valence-corrected chi connectivity index (χ3v) is 11.0. The number of piperidine rings is 1. The maximum Gasteiger partial charge on any atom is 0.278 e. The van der Waals surface area contributed by atoms with E-state index in [1.165, 1.54) is 11.1 Å². The van der Waals surface area contributed by atoms with Crippen molar-refractivity contribution in [1.29, 1.82) is 0 Å². The lowest BCUT2D eigenvalue weighted by atomic mass is 9.90. The van der Waals surface area contributed by atoms with Gasteiger partial charge in [-0.2, -0.15) is 4.98 Å². The average molecular weight is 712 g/mol. The van der Waals surface area contributed by atoms with Gasteiger partial charge < -0.3 is 10.2 Å². The fourth-order valence-corrected chi connectivity index (χ4v) is 7.98. The number of carbonyl (C=O) groups excluding carboxylic acids is 2. The van der Waals surface area contributed by atoms with Crippen molar-refractivity contribution in [1.82, 2.24) is 34.5 Å². The van der Waals surface area contributed by atoms with Crippen LogP contribution in [0.4, 0.5) is 17.3 Å². The van der Waals surface area contributed by atoms with Crippen LogP contribution in [0.5, 0.6) is 0 Å². The summed E-state index contributed by atoms with van der Waals surface area (Å²) in [5.41, 5.74) is 6.98. The zero-order valence-electron chi connectivity index (χ0n) is 30.1. The van der Waals surface area contributed by atoms with Gasteiger partial charge >= 0.3 is 0 Å². The van der Waals surface area contributed by atoms with Crippen LogP contribution in [-0.4, -0.2) is 73.8 Å². The molecule has 3 aliphatic rings. The molecule has 2 amide bonds. The molecule has 5 aromatic rings. The van der Waals surface area contributed by atoms with Crippen LogP contribution < -0.4 is 21.1 Å². The highest BCUT2D eigenvalue weighted by atomic mass is 16.2. The van der Waals surface area contributed by atoms with Crippen molar-refractivity contribution in [3.05, 3.63) is 112 Å². The zero-order valence-corrected chi connectivity index (χ0v) is 30.1. The van der Waals surface area contributed by atoms with Crippen molar-refractivity contribution < 1.29 is 9.59 Å². The number of imide groups is 1. The lowest BCUT2D eigenvalue weighted by Crippen LogP contribution is -2.47. The molecular formula is C41H45N9O3. The molecular weight excluding hydrogens is 667 g/mol. The number of rotatable bonds is 11. The zero-order chi connectivity index (χ0) is 36.5. The number of piperazine rings is 1.